The number of fused-ring (bicyclic) bond motifs is 1. The van der Waals surface area contributed by atoms with E-state index in [1.54, 1.807) is 4.90 Å². The molecule has 0 spiro atoms. The maximum Gasteiger partial charge on any atom is 0.258 e. The molecule has 0 fully saturated rings. The van der Waals surface area contributed by atoms with E-state index in [1.165, 1.54) is 5.56 Å². The van der Waals surface area contributed by atoms with E-state index in [0.29, 0.717) is 24.5 Å². The summed E-state index contributed by atoms with van der Waals surface area (Å²) in [7, 11) is 6.01. The largest absolute Gasteiger partial charge is 0.490 e. The summed E-state index contributed by atoms with van der Waals surface area (Å²) in [5.74, 6) is 0.513. The van der Waals surface area contributed by atoms with Crippen molar-refractivity contribution in [1.29, 1.82) is 0 Å². The van der Waals surface area contributed by atoms with Crippen molar-refractivity contribution in [1.82, 2.24) is 14.8 Å². The van der Waals surface area contributed by atoms with Crippen molar-refractivity contribution < 1.29 is 19.4 Å². The minimum absolute atomic E-state index is 0.0281. The van der Waals surface area contributed by atoms with E-state index in [0.717, 1.165) is 38.0 Å². The summed E-state index contributed by atoms with van der Waals surface area (Å²) < 4.78 is 12.7. The number of pyridine rings is 1. The molecule has 2 heterocycles. The number of hydrogen-bond donors (Lipinski definition) is 1. The Labute approximate surface area is 228 Å². The third-order valence-corrected chi connectivity index (χ3v) is 7.24. The Bertz CT molecular complexity index is 1000. The summed E-state index contributed by atoms with van der Waals surface area (Å²) in [4.78, 5) is 24.2. The van der Waals surface area contributed by atoms with Crippen LogP contribution in [0.3, 0.4) is 0 Å². The van der Waals surface area contributed by atoms with E-state index < -0.39 is 0 Å². The molecule has 0 bridgehead atoms. The van der Waals surface area contributed by atoms with Crippen molar-refractivity contribution in [2.75, 3.05) is 52.3 Å². The predicted octanol–water partition coefficient (Wildman–Crippen LogP) is 4.08. The van der Waals surface area contributed by atoms with Gasteiger partial charge in [-0.15, -0.1) is 0 Å². The summed E-state index contributed by atoms with van der Waals surface area (Å²) in [6, 6.07) is 9.49. The highest BCUT2D eigenvalue weighted by molar-refractivity contribution is 5.98. The lowest BCUT2D eigenvalue weighted by atomic mass is 10.0. The number of aromatic nitrogens is 1. The monoisotopic (exact) mass is 526 g/mol. The highest BCUT2D eigenvalue weighted by atomic mass is 16.5. The lowest BCUT2D eigenvalue weighted by Gasteiger charge is -2.36. The van der Waals surface area contributed by atoms with Crippen molar-refractivity contribution in [3.8, 4) is 5.75 Å². The Morgan fingerprint density at radius 3 is 2.55 bits per heavy atom. The van der Waals surface area contributed by atoms with Gasteiger partial charge in [0.05, 0.1) is 30.4 Å². The maximum absolute atomic E-state index is 14.1. The van der Waals surface area contributed by atoms with E-state index in [-0.39, 0.29) is 36.7 Å². The third kappa shape index (κ3) is 8.41. The topological polar surface area (TPSA) is 78.4 Å². The van der Waals surface area contributed by atoms with E-state index in [4.69, 9.17) is 9.47 Å². The first-order chi connectivity index (χ1) is 18.2. The molecule has 4 atom stereocenters. The second kappa shape index (κ2) is 14.5. The van der Waals surface area contributed by atoms with Gasteiger partial charge in [0.1, 0.15) is 5.75 Å². The van der Waals surface area contributed by atoms with Crippen molar-refractivity contribution in [3.63, 3.8) is 0 Å². The third-order valence-electron chi connectivity index (χ3n) is 7.24. The van der Waals surface area contributed by atoms with E-state index in [2.05, 4.69) is 23.9 Å². The van der Waals surface area contributed by atoms with Crippen LogP contribution in [0.4, 0.5) is 5.69 Å². The van der Waals surface area contributed by atoms with E-state index in [9.17, 15) is 9.90 Å². The van der Waals surface area contributed by atoms with Crippen molar-refractivity contribution in [3.05, 3.63) is 53.9 Å². The molecule has 8 nitrogen and oxygen atoms in total. The number of aliphatic hydroxyl groups is 1. The number of carbonyl (C=O) groups is 1. The molecule has 1 N–H and O–H groups in total. The molecule has 1 aromatic heterocycles. The highest BCUT2D eigenvalue weighted by Gasteiger charge is 2.30. The average Bonchev–Trinajstić information content (AvgIpc) is 2.90. The molecule has 210 valence electrons. The Hall–Kier alpha value is -2.68. The van der Waals surface area contributed by atoms with Crippen LogP contribution in [0.15, 0.2) is 42.7 Å². The van der Waals surface area contributed by atoms with Crippen LogP contribution in [-0.4, -0.2) is 91.5 Å². The van der Waals surface area contributed by atoms with Gasteiger partial charge in [0.15, 0.2) is 0 Å². The van der Waals surface area contributed by atoms with Crippen LogP contribution in [0.2, 0.25) is 0 Å². The number of aliphatic hydroxyl groups excluding tert-OH is 1. The fraction of sp³-hybridized carbons (Fsp3) is 0.600. The fourth-order valence-electron chi connectivity index (χ4n) is 4.82. The minimum atomic E-state index is -0.346. The predicted molar refractivity (Wildman–Crippen MR) is 152 cm³/mol. The highest BCUT2D eigenvalue weighted by Crippen LogP contribution is 2.29. The molecule has 8 heteroatoms. The van der Waals surface area contributed by atoms with Gasteiger partial charge in [-0.2, -0.15) is 0 Å². The quantitative estimate of drug-likeness (QED) is 0.583. The van der Waals surface area contributed by atoms with Crippen LogP contribution in [0.25, 0.3) is 0 Å². The number of rotatable bonds is 7. The summed E-state index contributed by atoms with van der Waals surface area (Å²) >= 11 is 0. The van der Waals surface area contributed by atoms with Crippen molar-refractivity contribution in [2.24, 2.45) is 5.92 Å². The number of ether oxygens (including phenoxy) is 2. The molecule has 0 radical (unpaired) electrons. The molecule has 3 rings (SSSR count). The fourth-order valence-corrected chi connectivity index (χ4v) is 4.82. The van der Waals surface area contributed by atoms with Crippen molar-refractivity contribution in [2.45, 2.75) is 64.8 Å². The number of benzene rings is 1. The zero-order valence-electron chi connectivity index (χ0n) is 24.0. The van der Waals surface area contributed by atoms with Crippen LogP contribution in [0.5, 0.6) is 5.75 Å². The van der Waals surface area contributed by atoms with Gasteiger partial charge in [-0.25, -0.2) is 0 Å². The molecule has 38 heavy (non-hydrogen) atoms. The van der Waals surface area contributed by atoms with Gasteiger partial charge in [-0.1, -0.05) is 6.92 Å². The molecule has 0 unspecified atom stereocenters. The Balaban J connectivity index is 1.90. The van der Waals surface area contributed by atoms with Crippen LogP contribution in [-0.2, 0) is 11.3 Å². The zero-order valence-corrected chi connectivity index (χ0v) is 24.0. The van der Waals surface area contributed by atoms with Crippen molar-refractivity contribution >= 4 is 11.6 Å². The number of hydrogen-bond acceptors (Lipinski definition) is 7. The van der Waals surface area contributed by atoms with Crippen LogP contribution in [0, 0.1) is 5.92 Å². The lowest BCUT2D eigenvalue weighted by Crippen LogP contribution is -2.47. The molecule has 1 aromatic carbocycles. The first-order valence-corrected chi connectivity index (χ1v) is 13.8. The molecule has 0 saturated carbocycles. The molecule has 0 saturated heterocycles. The summed E-state index contributed by atoms with van der Waals surface area (Å²) in [5.41, 5.74) is 2.65. The van der Waals surface area contributed by atoms with Gasteiger partial charge >= 0.3 is 0 Å². The van der Waals surface area contributed by atoms with E-state index in [1.807, 2.05) is 75.6 Å². The van der Waals surface area contributed by atoms with Gasteiger partial charge in [-0.05, 0) is 76.1 Å². The normalized spacial score (nSPS) is 22.4. The smallest absolute Gasteiger partial charge is 0.258 e. The van der Waals surface area contributed by atoms with Gasteiger partial charge in [0.25, 0.3) is 5.91 Å². The number of anilines is 1. The standard InChI is InChI=1S/C30H46N4O4/c1-22-18-34(23(2)21-35)30(36)27-17-26(32(4)5)10-11-28(27)38-24(3)9-7-8-16-37-29(22)20-33(6)19-25-12-14-31-15-13-25/h10-15,17,22-24,29,35H,7-9,16,18-21H2,1-6H3/t22-,23+,24+,29-/m1/s1. The number of likely N-dealkylation sites (N-methyl/N-ethyl adjacent to an activating group) is 1. The summed E-state index contributed by atoms with van der Waals surface area (Å²) in [6.07, 6.45) is 6.36. The molecular formula is C30H46N4O4. The van der Waals surface area contributed by atoms with Crippen LogP contribution >= 0.6 is 0 Å². The van der Waals surface area contributed by atoms with Gasteiger partial charge in [0.2, 0.25) is 0 Å². The number of nitrogens with zero attached hydrogens (tertiary/aromatic N) is 4. The molecule has 1 amide bonds. The Morgan fingerprint density at radius 2 is 1.87 bits per heavy atom. The van der Waals surface area contributed by atoms with E-state index >= 15 is 0 Å². The molecule has 2 aromatic rings. The first kappa shape index (κ1) is 29.9. The van der Waals surface area contributed by atoms with Crippen LogP contribution < -0.4 is 9.64 Å². The van der Waals surface area contributed by atoms with Crippen LogP contribution in [0.1, 0.15) is 56.0 Å². The minimum Gasteiger partial charge on any atom is -0.490 e. The number of carbonyl (C=O) groups excluding carboxylic acids is 1. The summed E-state index contributed by atoms with van der Waals surface area (Å²) in [5, 5.41) is 10.1. The summed E-state index contributed by atoms with van der Waals surface area (Å²) in [6.45, 7) is 8.61. The first-order valence-electron chi connectivity index (χ1n) is 13.8. The SMILES string of the molecule is C[C@@H]1CN([C@@H](C)CO)C(=O)c2cc(N(C)C)ccc2O[C@@H](C)CCCCO[C@@H]1CN(C)Cc1ccncc1. The maximum atomic E-state index is 14.1. The molecule has 1 aliphatic heterocycles. The second-order valence-corrected chi connectivity index (χ2v) is 10.9. The zero-order chi connectivity index (χ0) is 27.7. The molecule has 1 aliphatic rings. The van der Waals surface area contributed by atoms with Gasteiger partial charge < -0.3 is 24.4 Å². The number of amides is 1. The van der Waals surface area contributed by atoms with Gasteiger partial charge in [-0.3, -0.25) is 14.7 Å². The molecule has 0 aliphatic carbocycles. The Morgan fingerprint density at radius 1 is 1.13 bits per heavy atom. The molecular weight excluding hydrogens is 480 g/mol. The lowest BCUT2D eigenvalue weighted by molar-refractivity contribution is -0.0177. The second-order valence-electron chi connectivity index (χ2n) is 10.9. The average molecular weight is 527 g/mol. The Kier molecular flexibility index (Phi) is 11.4. The van der Waals surface area contributed by atoms with Gasteiger partial charge in [0, 0.05) is 64.3 Å².